The Balaban J connectivity index is 2.38. The van der Waals surface area contributed by atoms with Gasteiger partial charge in [0.25, 0.3) is 5.69 Å². The highest BCUT2D eigenvalue weighted by Gasteiger charge is 2.32. The zero-order valence-electron chi connectivity index (χ0n) is 13.4. The molecule has 23 heavy (non-hydrogen) atoms. The van der Waals surface area contributed by atoms with Crippen LogP contribution in [0.4, 0.5) is 5.69 Å². The lowest BCUT2D eigenvalue weighted by molar-refractivity contribution is -0.387. The Kier molecular flexibility index (Phi) is 5.38. The lowest BCUT2D eigenvalue weighted by Crippen LogP contribution is -2.44. The van der Waals surface area contributed by atoms with Crippen LogP contribution in [0.25, 0.3) is 0 Å². The summed E-state index contributed by atoms with van der Waals surface area (Å²) in [6.07, 6.45) is 3.98. The van der Waals surface area contributed by atoms with Crippen molar-refractivity contribution in [2.24, 2.45) is 11.7 Å². The average molecular weight is 341 g/mol. The maximum absolute atomic E-state index is 12.7. The zero-order chi connectivity index (χ0) is 17.2. The molecule has 1 saturated carbocycles. The molecule has 1 aromatic carbocycles. The van der Waals surface area contributed by atoms with Crippen molar-refractivity contribution in [1.82, 2.24) is 4.72 Å². The Morgan fingerprint density at radius 2 is 1.87 bits per heavy atom. The van der Waals surface area contributed by atoms with Crippen molar-refractivity contribution in [2.75, 3.05) is 6.54 Å². The van der Waals surface area contributed by atoms with E-state index in [0.717, 1.165) is 25.7 Å². The van der Waals surface area contributed by atoms with E-state index < -0.39 is 20.6 Å². The number of nitrogens with two attached hydrogens (primary N) is 1. The Morgan fingerprint density at radius 1 is 1.30 bits per heavy atom. The Labute approximate surface area is 136 Å². The number of nitro benzene ring substituents is 1. The summed E-state index contributed by atoms with van der Waals surface area (Å²) < 4.78 is 27.9. The SMILES string of the molecule is Cc1cc([N+](=O)[O-])c(S(=O)(=O)NC(CN)C2CCCC2)cc1C. The standard InChI is InChI=1S/C15H23N3O4S/c1-10-7-14(18(19)20)15(8-11(10)2)23(21,22)17-13(9-16)12-5-3-4-6-12/h7-8,12-13,17H,3-6,9,16H2,1-2H3. The van der Waals surface area contributed by atoms with Gasteiger partial charge in [0.15, 0.2) is 4.90 Å². The second kappa shape index (κ2) is 6.94. The second-order valence-electron chi connectivity index (χ2n) is 6.17. The maximum atomic E-state index is 12.7. The zero-order valence-corrected chi connectivity index (χ0v) is 14.2. The van der Waals surface area contributed by atoms with Crippen LogP contribution in [0.1, 0.15) is 36.8 Å². The smallest absolute Gasteiger partial charge is 0.289 e. The third kappa shape index (κ3) is 3.88. The first-order valence-corrected chi connectivity index (χ1v) is 9.22. The van der Waals surface area contributed by atoms with Gasteiger partial charge in [0.2, 0.25) is 10.0 Å². The van der Waals surface area contributed by atoms with Gasteiger partial charge in [-0.3, -0.25) is 10.1 Å². The summed E-state index contributed by atoms with van der Waals surface area (Å²) in [4.78, 5) is 10.3. The van der Waals surface area contributed by atoms with Crippen LogP contribution < -0.4 is 10.5 Å². The Morgan fingerprint density at radius 3 is 2.39 bits per heavy atom. The van der Waals surface area contributed by atoms with Gasteiger partial charge in [0.1, 0.15) is 0 Å². The molecular weight excluding hydrogens is 318 g/mol. The van der Waals surface area contributed by atoms with E-state index in [4.69, 9.17) is 5.73 Å². The molecule has 0 spiro atoms. The quantitative estimate of drug-likeness (QED) is 0.606. The summed E-state index contributed by atoms with van der Waals surface area (Å²) >= 11 is 0. The van der Waals surface area contributed by atoms with Gasteiger partial charge in [-0.1, -0.05) is 12.8 Å². The summed E-state index contributed by atoms with van der Waals surface area (Å²) in [6.45, 7) is 3.63. The third-order valence-corrected chi connectivity index (χ3v) is 6.11. The van der Waals surface area contributed by atoms with E-state index in [0.29, 0.717) is 11.1 Å². The van der Waals surface area contributed by atoms with Crippen LogP contribution in [0.2, 0.25) is 0 Å². The van der Waals surface area contributed by atoms with E-state index in [-0.39, 0.29) is 23.4 Å². The number of benzene rings is 1. The molecule has 0 amide bonds. The lowest BCUT2D eigenvalue weighted by atomic mass is 9.99. The molecule has 0 radical (unpaired) electrons. The predicted octanol–water partition coefficient (Wildman–Crippen LogP) is 2.01. The molecule has 2 rings (SSSR count). The number of rotatable bonds is 6. The molecule has 0 aromatic heterocycles. The Hall–Kier alpha value is -1.51. The topological polar surface area (TPSA) is 115 Å². The molecule has 1 unspecified atom stereocenters. The van der Waals surface area contributed by atoms with Crippen LogP contribution in [0, 0.1) is 29.9 Å². The van der Waals surface area contributed by atoms with Crippen LogP contribution in [-0.4, -0.2) is 25.9 Å². The van der Waals surface area contributed by atoms with Gasteiger partial charge in [-0.05, 0) is 49.8 Å². The van der Waals surface area contributed by atoms with E-state index >= 15 is 0 Å². The van der Waals surface area contributed by atoms with Crippen LogP contribution in [-0.2, 0) is 10.0 Å². The minimum Gasteiger partial charge on any atom is -0.329 e. The largest absolute Gasteiger partial charge is 0.329 e. The van der Waals surface area contributed by atoms with Crippen molar-refractivity contribution in [3.05, 3.63) is 33.4 Å². The van der Waals surface area contributed by atoms with E-state index in [2.05, 4.69) is 4.72 Å². The van der Waals surface area contributed by atoms with E-state index in [1.165, 1.54) is 12.1 Å². The summed E-state index contributed by atoms with van der Waals surface area (Å²) in [5.74, 6) is 0.195. The molecular formula is C15H23N3O4S. The van der Waals surface area contributed by atoms with Crippen molar-refractivity contribution in [3.63, 3.8) is 0 Å². The summed E-state index contributed by atoms with van der Waals surface area (Å²) in [5.41, 5.74) is 6.71. The van der Waals surface area contributed by atoms with Crippen LogP contribution >= 0.6 is 0 Å². The van der Waals surface area contributed by atoms with Crippen LogP contribution in [0.15, 0.2) is 17.0 Å². The first-order valence-electron chi connectivity index (χ1n) is 7.74. The highest BCUT2D eigenvalue weighted by atomic mass is 32.2. The van der Waals surface area contributed by atoms with Crippen LogP contribution in [0.3, 0.4) is 0 Å². The molecule has 8 heteroatoms. The highest BCUT2D eigenvalue weighted by molar-refractivity contribution is 7.89. The number of nitrogens with zero attached hydrogens (tertiary/aromatic N) is 1. The first-order chi connectivity index (χ1) is 10.8. The van der Waals surface area contributed by atoms with Gasteiger partial charge in [-0.2, -0.15) is 0 Å². The number of nitro groups is 1. The van der Waals surface area contributed by atoms with Crippen LogP contribution in [0.5, 0.6) is 0 Å². The molecule has 0 bridgehead atoms. The van der Waals surface area contributed by atoms with Gasteiger partial charge in [0, 0.05) is 18.7 Å². The average Bonchev–Trinajstić information content (AvgIpc) is 3.01. The Bertz CT molecular complexity index is 697. The van der Waals surface area contributed by atoms with Gasteiger partial charge in [-0.25, -0.2) is 13.1 Å². The number of sulfonamides is 1. The first kappa shape index (κ1) is 17.8. The monoisotopic (exact) mass is 341 g/mol. The van der Waals surface area contributed by atoms with E-state index in [1.807, 2.05) is 0 Å². The molecule has 0 saturated heterocycles. The highest BCUT2D eigenvalue weighted by Crippen LogP contribution is 2.30. The van der Waals surface area contributed by atoms with Crippen molar-refractivity contribution in [1.29, 1.82) is 0 Å². The molecule has 1 aliphatic carbocycles. The van der Waals surface area contributed by atoms with Crippen molar-refractivity contribution in [2.45, 2.75) is 50.5 Å². The second-order valence-corrected chi connectivity index (χ2v) is 7.85. The minimum atomic E-state index is -4.00. The molecule has 3 N–H and O–H groups in total. The molecule has 1 aromatic rings. The lowest BCUT2D eigenvalue weighted by Gasteiger charge is -2.23. The van der Waals surface area contributed by atoms with E-state index in [1.54, 1.807) is 13.8 Å². The minimum absolute atomic E-state index is 0.183. The predicted molar refractivity (Wildman–Crippen MR) is 87.7 cm³/mol. The van der Waals surface area contributed by atoms with Gasteiger partial charge < -0.3 is 5.73 Å². The van der Waals surface area contributed by atoms with Gasteiger partial charge in [0.05, 0.1) is 4.92 Å². The normalized spacial score (nSPS) is 17.3. The molecule has 7 nitrogen and oxygen atoms in total. The molecule has 128 valence electrons. The van der Waals surface area contributed by atoms with Crippen molar-refractivity contribution < 1.29 is 13.3 Å². The summed E-state index contributed by atoms with van der Waals surface area (Å²) in [5, 5.41) is 11.2. The van der Waals surface area contributed by atoms with Gasteiger partial charge >= 0.3 is 0 Å². The summed E-state index contributed by atoms with van der Waals surface area (Å²) in [7, 11) is -4.00. The molecule has 0 heterocycles. The molecule has 1 fully saturated rings. The number of aryl methyl sites for hydroxylation is 2. The molecule has 1 atom stereocenters. The maximum Gasteiger partial charge on any atom is 0.289 e. The summed E-state index contributed by atoms with van der Waals surface area (Å²) in [6, 6.07) is 2.28. The fraction of sp³-hybridized carbons (Fsp3) is 0.600. The van der Waals surface area contributed by atoms with Crippen molar-refractivity contribution >= 4 is 15.7 Å². The fourth-order valence-electron chi connectivity index (χ4n) is 3.09. The fourth-order valence-corrected chi connectivity index (χ4v) is 4.65. The molecule has 1 aliphatic rings. The number of nitrogens with one attached hydrogen (secondary N) is 1. The van der Waals surface area contributed by atoms with E-state index in [9.17, 15) is 18.5 Å². The number of hydrogen-bond acceptors (Lipinski definition) is 5. The van der Waals surface area contributed by atoms with Gasteiger partial charge in [-0.15, -0.1) is 0 Å². The third-order valence-electron chi connectivity index (χ3n) is 4.59. The molecule has 0 aliphatic heterocycles. The van der Waals surface area contributed by atoms with Crippen molar-refractivity contribution in [3.8, 4) is 0 Å². The number of hydrogen-bond donors (Lipinski definition) is 2.